The maximum Gasteiger partial charge on any atom is 0.264 e. The van der Waals surface area contributed by atoms with Gasteiger partial charge >= 0.3 is 0 Å². The lowest BCUT2D eigenvalue weighted by molar-refractivity contribution is -0.120. The predicted molar refractivity (Wildman–Crippen MR) is 89.0 cm³/mol. The van der Waals surface area contributed by atoms with Crippen LogP contribution in [0.3, 0.4) is 0 Å². The summed E-state index contributed by atoms with van der Waals surface area (Å²) in [6.07, 6.45) is 0. The minimum Gasteiger partial charge on any atom is -0.484 e. The second-order valence-electron chi connectivity index (χ2n) is 4.99. The van der Waals surface area contributed by atoms with Gasteiger partial charge in [-0.05, 0) is 55.3 Å². The molecule has 0 aliphatic rings. The summed E-state index contributed by atoms with van der Waals surface area (Å²) >= 11 is 3.36. The van der Waals surface area contributed by atoms with Crippen LogP contribution in [0.25, 0.3) is 0 Å². The molecular formula is C17H18BrNO2. The van der Waals surface area contributed by atoms with Crippen molar-refractivity contribution >= 4 is 27.5 Å². The number of hydrogen-bond acceptors (Lipinski definition) is 2. The highest BCUT2D eigenvalue weighted by Crippen LogP contribution is 2.21. The van der Waals surface area contributed by atoms with E-state index in [1.165, 1.54) is 0 Å². The highest BCUT2D eigenvalue weighted by molar-refractivity contribution is 9.10. The number of halogens is 1. The van der Waals surface area contributed by atoms with Crippen molar-refractivity contribution in [2.24, 2.45) is 0 Å². The van der Waals surface area contributed by atoms with Crippen LogP contribution < -0.4 is 9.64 Å². The molecule has 21 heavy (non-hydrogen) atoms. The van der Waals surface area contributed by atoms with E-state index in [9.17, 15) is 4.79 Å². The zero-order chi connectivity index (χ0) is 15.4. The number of carbonyl (C=O) groups excluding carboxylic acids is 1. The first-order chi connectivity index (χ1) is 9.97. The molecule has 0 fully saturated rings. The topological polar surface area (TPSA) is 29.5 Å². The van der Waals surface area contributed by atoms with Crippen LogP contribution in [0.5, 0.6) is 5.75 Å². The quantitative estimate of drug-likeness (QED) is 0.832. The van der Waals surface area contributed by atoms with E-state index in [-0.39, 0.29) is 12.5 Å². The summed E-state index contributed by atoms with van der Waals surface area (Å²) in [6.45, 7) is 4.03. The van der Waals surface area contributed by atoms with E-state index < -0.39 is 0 Å². The highest BCUT2D eigenvalue weighted by Gasteiger charge is 2.13. The van der Waals surface area contributed by atoms with E-state index in [4.69, 9.17) is 4.74 Å². The number of carbonyl (C=O) groups is 1. The second kappa shape index (κ2) is 6.76. The van der Waals surface area contributed by atoms with Crippen LogP contribution in [-0.4, -0.2) is 19.6 Å². The Labute approximate surface area is 133 Å². The Bertz CT molecular complexity index is 638. The number of ether oxygens (including phenoxy) is 1. The number of amides is 1. The highest BCUT2D eigenvalue weighted by atomic mass is 79.9. The first-order valence-electron chi connectivity index (χ1n) is 6.69. The third kappa shape index (κ3) is 4.08. The zero-order valence-corrected chi connectivity index (χ0v) is 14.0. The molecule has 2 aromatic carbocycles. The van der Waals surface area contributed by atoms with Gasteiger partial charge in [-0.2, -0.15) is 0 Å². The number of nitrogens with zero attached hydrogens (tertiary/aromatic N) is 1. The number of anilines is 1. The Morgan fingerprint density at radius 2 is 1.81 bits per heavy atom. The molecule has 4 heteroatoms. The lowest BCUT2D eigenvalue weighted by Crippen LogP contribution is -2.31. The summed E-state index contributed by atoms with van der Waals surface area (Å²) in [5.74, 6) is 0.604. The Hall–Kier alpha value is -1.81. The molecule has 0 radical (unpaired) electrons. The molecule has 0 saturated heterocycles. The summed E-state index contributed by atoms with van der Waals surface area (Å²) in [4.78, 5) is 13.9. The van der Waals surface area contributed by atoms with Crippen LogP contribution in [-0.2, 0) is 4.79 Å². The first-order valence-corrected chi connectivity index (χ1v) is 7.49. The molecule has 110 valence electrons. The molecular weight excluding hydrogens is 330 g/mol. The lowest BCUT2D eigenvalue weighted by atomic mass is 10.1. The molecule has 0 saturated carbocycles. The SMILES string of the molecule is Cc1ccc(C)c(N(C)C(=O)COc2ccc(Br)cc2)c1. The summed E-state index contributed by atoms with van der Waals surface area (Å²) in [6, 6.07) is 13.5. The van der Waals surface area contributed by atoms with Gasteiger partial charge in [-0.25, -0.2) is 0 Å². The average Bonchev–Trinajstić information content (AvgIpc) is 2.48. The molecule has 1 amide bonds. The average molecular weight is 348 g/mol. The van der Waals surface area contributed by atoms with E-state index >= 15 is 0 Å². The van der Waals surface area contributed by atoms with Crippen LogP contribution in [0, 0.1) is 13.8 Å². The number of rotatable bonds is 4. The van der Waals surface area contributed by atoms with Crippen molar-refractivity contribution in [2.75, 3.05) is 18.6 Å². The van der Waals surface area contributed by atoms with Gasteiger partial charge in [0, 0.05) is 17.2 Å². The van der Waals surface area contributed by atoms with Gasteiger partial charge in [-0.3, -0.25) is 4.79 Å². The predicted octanol–water partition coefficient (Wildman–Crippen LogP) is 4.11. The van der Waals surface area contributed by atoms with Gasteiger partial charge in [-0.1, -0.05) is 28.1 Å². The number of aryl methyl sites for hydroxylation is 2. The molecule has 0 N–H and O–H groups in total. The molecule has 2 aromatic rings. The van der Waals surface area contributed by atoms with Crippen LogP contribution in [0.4, 0.5) is 5.69 Å². The summed E-state index contributed by atoms with van der Waals surface area (Å²) in [7, 11) is 1.77. The minimum absolute atomic E-state index is 0.0194. The van der Waals surface area contributed by atoms with E-state index in [1.807, 2.05) is 56.3 Å². The molecule has 0 aliphatic carbocycles. The zero-order valence-electron chi connectivity index (χ0n) is 12.4. The van der Waals surface area contributed by atoms with Crippen molar-refractivity contribution in [3.63, 3.8) is 0 Å². The largest absolute Gasteiger partial charge is 0.484 e. The standard InChI is InChI=1S/C17H18BrNO2/c1-12-4-5-13(2)16(10-12)19(3)17(20)11-21-15-8-6-14(18)7-9-15/h4-10H,11H2,1-3H3. The smallest absolute Gasteiger partial charge is 0.264 e. The molecule has 0 aliphatic heterocycles. The molecule has 2 rings (SSSR count). The van der Waals surface area contributed by atoms with Gasteiger partial charge in [0.15, 0.2) is 6.61 Å². The molecule has 0 bridgehead atoms. The Morgan fingerprint density at radius 3 is 2.48 bits per heavy atom. The van der Waals surface area contributed by atoms with Gasteiger partial charge < -0.3 is 9.64 Å². The maximum absolute atomic E-state index is 12.2. The fourth-order valence-electron chi connectivity index (χ4n) is 1.99. The van der Waals surface area contributed by atoms with Crippen LogP contribution in [0.1, 0.15) is 11.1 Å². The van der Waals surface area contributed by atoms with Crippen LogP contribution in [0.2, 0.25) is 0 Å². The van der Waals surface area contributed by atoms with Crippen molar-refractivity contribution < 1.29 is 9.53 Å². The Balaban J connectivity index is 2.02. The van der Waals surface area contributed by atoms with Crippen LogP contribution >= 0.6 is 15.9 Å². The fraction of sp³-hybridized carbons (Fsp3) is 0.235. The van der Waals surface area contributed by atoms with Gasteiger partial charge in [0.2, 0.25) is 0 Å². The molecule has 0 spiro atoms. The summed E-state index contributed by atoms with van der Waals surface area (Å²) in [5.41, 5.74) is 3.11. The van der Waals surface area contributed by atoms with Crippen molar-refractivity contribution in [3.05, 3.63) is 58.1 Å². The summed E-state index contributed by atoms with van der Waals surface area (Å²) < 4.78 is 6.50. The molecule has 0 heterocycles. The fourth-order valence-corrected chi connectivity index (χ4v) is 2.25. The molecule has 0 aromatic heterocycles. The number of benzene rings is 2. The third-order valence-electron chi connectivity index (χ3n) is 3.28. The van der Waals surface area contributed by atoms with E-state index in [0.717, 1.165) is 21.3 Å². The van der Waals surface area contributed by atoms with E-state index in [2.05, 4.69) is 15.9 Å². The Morgan fingerprint density at radius 1 is 1.14 bits per heavy atom. The monoisotopic (exact) mass is 347 g/mol. The van der Waals surface area contributed by atoms with Crippen molar-refractivity contribution in [3.8, 4) is 5.75 Å². The number of hydrogen-bond donors (Lipinski definition) is 0. The second-order valence-corrected chi connectivity index (χ2v) is 5.90. The van der Waals surface area contributed by atoms with Crippen LogP contribution in [0.15, 0.2) is 46.9 Å². The number of likely N-dealkylation sites (N-methyl/N-ethyl adjacent to an activating group) is 1. The van der Waals surface area contributed by atoms with Crippen molar-refractivity contribution in [1.29, 1.82) is 0 Å². The molecule has 0 unspecified atom stereocenters. The maximum atomic E-state index is 12.2. The lowest BCUT2D eigenvalue weighted by Gasteiger charge is -2.20. The van der Waals surface area contributed by atoms with Gasteiger partial charge in [0.1, 0.15) is 5.75 Å². The van der Waals surface area contributed by atoms with Gasteiger partial charge in [-0.15, -0.1) is 0 Å². The summed E-state index contributed by atoms with van der Waals surface area (Å²) in [5, 5.41) is 0. The van der Waals surface area contributed by atoms with Crippen molar-refractivity contribution in [2.45, 2.75) is 13.8 Å². The van der Waals surface area contributed by atoms with E-state index in [0.29, 0.717) is 5.75 Å². The molecule has 3 nitrogen and oxygen atoms in total. The Kier molecular flexibility index (Phi) is 5.02. The first kappa shape index (κ1) is 15.6. The minimum atomic E-state index is -0.0772. The third-order valence-corrected chi connectivity index (χ3v) is 3.80. The normalized spacial score (nSPS) is 10.3. The molecule has 0 atom stereocenters. The van der Waals surface area contributed by atoms with Gasteiger partial charge in [0.25, 0.3) is 5.91 Å². The van der Waals surface area contributed by atoms with Crippen molar-refractivity contribution in [1.82, 2.24) is 0 Å². The van der Waals surface area contributed by atoms with E-state index in [1.54, 1.807) is 11.9 Å². The van der Waals surface area contributed by atoms with Gasteiger partial charge in [0.05, 0.1) is 0 Å².